The highest BCUT2D eigenvalue weighted by Gasteiger charge is 2.17. The van der Waals surface area contributed by atoms with Crippen LogP contribution >= 0.6 is 0 Å². The van der Waals surface area contributed by atoms with Gasteiger partial charge in [-0.05, 0) is 12.1 Å². The van der Waals surface area contributed by atoms with E-state index in [4.69, 9.17) is 5.73 Å². The van der Waals surface area contributed by atoms with E-state index in [1.54, 1.807) is 0 Å². The molecule has 128 valence electrons. The number of benzene rings is 1. The van der Waals surface area contributed by atoms with Gasteiger partial charge in [-0.1, -0.05) is 37.3 Å². The molecule has 2 heterocycles. The highest BCUT2D eigenvalue weighted by molar-refractivity contribution is 5.56. The highest BCUT2D eigenvalue weighted by atomic mass is 15.3. The minimum atomic E-state index is 0.560. The fourth-order valence-electron chi connectivity index (χ4n) is 3.09. The van der Waals surface area contributed by atoms with Crippen molar-refractivity contribution in [3.63, 3.8) is 0 Å². The summed E-state index contributed by atoms with van der Waals surface area (Å²) in [6, 6.07) is 12.4. The summed E-state index contributed by atoms with van der Waals surface area (Å²) in [6.45, 7) is 9.58. The van der Waals surface area contributed by atoms with Gasteiger partial charge in [-0.25, -0.2) is 4.98 Å². The van der Waals surface area contributed by atoms with Gasteiger partial charge in [0.05, 0.1) is 0 Å². The van der Waals surface area contributed by atoms with E-state index in [0.29, 0.717) is 5.82 Å². The van der Waals surface area contributed by atoms with Gasteiger partial charge < -0.3 is 16.0 Å². The number of likely N-dealkylation sites (N-methyl/N-ethyl adjacent to an activating group) is 1. The Hall–Kier alpha value is -2.11. The number of rotatable bonds is 6. The third-order valence-electron chi connectivity index (χ3n) is 4.64. The number of hydrogen-bond donors (Lipinski definition) is 2. The maximum absolute atomic E-state index is 5.89. The van der Waals surface area contributed by atoms with Crippen molar-refractivity contribution in [2.75, 3.05) is 43.8 Å². The minimum absolute atomic E-state index is 0.560. The van der Waals surface area contributed by atoms with Crippen molar-refractivity contribution in [3.05, 3.63) is 53.7 Å². The monoisotopic (exact) mass is 325 g/mol. The first-order chi connectivity index (χ1) is 11.7. The number of hydrogen-bond acceptors (Lipinski definition) is 5. The summed E-state index contributed by atoms with van der Waals surface area (Å²) >= 11 is 0. The van der Waals surface area contributed by atoms with Crippen LogP contribution in [0.4, 0.5) is 11.5 Å². The lowest BCUT2D eigenvalue weighted by atomic mass is 10.1. The summed E-state index contributed by atoms with van der Waals surface area (Å²) < 4.78 is 0. The second kappa shape index (κ2) is 8.13. The number of aromatic nitrogens is 1. The van der Waals surface area contributed by atoms with E-state index < -0.39 is 0 Å². The average Bonchev–Trinajstić information content (AvgIpc) is 2.63. The lowest BCUT2D eigenvalue weighted by molar-refractivity contribution is 0.132. The minimum Gasteiger partial charge on any atom is -0.384 e. The third-order valence-corrected chi connectivity index (χ3v) is 4.64. The Balaban J connectivity index is 1.65. The van der Waals surface area contributed by atoms with E-state index in [2.05, 4.69) is 51.3 Å². The van der Waals surface area contributed by atoms with Crippen LogP contribution in [0.2, 0.25) is 0 Å². The zero-order valence-corrected chi connectivity index (χ0v) is 14.4. The van der Waals surface area contributed by atoms with Crippen LogP contribution in [0.15, 0.2) is 42.6 Å². The van der Waals surface area contributed by atoms with Gasteiger partial charge in [0.15, 0.2) is 0 Å². The highest BCUT2D eigenvalue weighted by Crippen LogP contribution is 2.20. The Morgan fingerprint density at radius 1 is 1.08 bits per heavy atom. The molecule has 1 saturated heterocycles. The lowest BCUT2D eigenvalue weighted by Gasteiger charge is -2.34. The van der Waals surface area contributed by atoms with Crippen LogP contribution in [0.5, 0.6) is 0 Å². The van der Waals surface area contributed by atoms with Crippen LogP contribution in [0.25, 0.3) is 0 Å². The van der Waals surface area contributed by atoms with Crippen molar-refractivity contribution in [2.24, 2.45) is 0 Å². The molecule has 1 aliphatic heterocycles. The predicted molar refractivity (Wildman–Crippen MR) is 99.8 cm³/mol. The molecular formula is C19H27N5. The van der Waals surface area contributed by atoms with Crippen molar-refractivity contribution in [3.8, 4) is 0 Å². The molecule has 3 rings (SSSR count). The van der Waals surface area contributed by atoms with Crippen molar-refractivity contribution in [2.45, 2.75) is 20.0 Å². The maximum Gasteiger partial charge on any atom is 0.125 e. The molecule has 1 aromatic heterocycles. The number of nitrogen functional groups attached to an aromatic ring is 1. The fraction of sp³-hybridized carbons (Fsp3) is 0.421. The molecule has 0 unspecified atom stereocenters. The first kappa shape index (κ1) is 16.7. The van der Waals surface area contributed by atoms with Crippen molar-refractivity contribution < 1.29 is 0 Å². The molecule has 5 nitrogen and oxygen atoms in total. The molecule has 1 aromatic carbocycles. The molecule has 0 bridgehead atoms. The average molecular weight is 325 g/mol. The second-order valence-corrected chi connectivity index (χ2v) is 6.32. The normalized spacial score (nSPS) is 16.2. The van der Waals surface area contributed by atoms with Crippen LogP contribution in [-0.2, 0) is 13.1 Å². The smallest absolute Gasteiger partial charge is 0.125 e. The van der Waals surface area contributed by atoms with Gasteiger partial charge >= 0.3 is 0 Å². The number of pyridine rings is 1. The molecule has 0 saturated carbocycles. The van der Waals surface area contributed by atoms with Gasteiger partial charge in [-0.3, -0.25) is 4.90 Å². The molecule has 3 N–H and O–H groups in total. The van der Waals surface area contributed by atoms with Crippen molar-refractivity contribution in [1.82, 2.24) is 14.8 Å². The largest absolute Gasteiger partial charge is 0.384 e. The summed E-state index contributed by atoms with van der Waals surface area (Å²) in [5, 5.41) is 3.52. The van der Waals surface area contributed by atoms with E-state index in [-0.39, 0.29) is 0 Å². The van der Waals surface area contributed by atoms with Gasteiger partial charge in [0.2, 0.25) is 0 Å². The number of piperazine rings is 1. The Bertz CT molecular complexity index is 635. The van der Waals surface area contributed by atoms with Crippen LogP contribution in [0, 0.1) is 0 Å². The van der Waals surface area contributed by atoms with Crippen LogP contribution in [-0.4, -0.2) is 47.5 Å². The number of nitrogens with zero attached hydrogens (tertiary/aromatic N) is 3. The molecule has 24 heavy (non-hydrogen) atoms. The zero-order chi connectivity index (χ0) is 16.8. The first-order valence-electron chi connectivity index (χ1n) is 8.71. The van der Waals surface area contributed by atoms with E-state index in [9.17, 15) is 0 Å². The lowest BCUT2D eigenvalue weighted by Crippen LogP contribution is -2.45. The summed E-state index contributed by atoms with van der Waals surface area (Å²) in [4.78, 5) is 9.28. The molecule has 5 heteroatoms. The number of nitrogens with one attached hydrogen (secondary N) is 1. The quantitative estimate of drug-likeness (QED) is 0.854. The Morgan fingerprint density at radius 2 is 1.79 bits per heavy atom. The van der Waals surface area contributed by atoms with Crippen LogP contribution < -0.4 is 11.1 Å². The van der Waals surface area contributed by atoms with Gasteiger partial charge in [0, 0.05) is 62.8 Å². The summed E-state index contributed by atoms with van der Waals surface area (Å²) in [6.07, 6.45) is 1.91. The molecule has 0 spiro atoms. The van der Waals surface area contributed by atoms with E-state index in [0.717, 1.165) is 51.5 Å². The molecule has 1 fully saturated rings. The van der Waals surface area contributed by atoms with Gasteiger partial charge in [0.1, 0.15) is 5.82 Å². The van der Waals surface area contributed by atoms with E-state index in [1.165, 1.54) is 11.1 Å². The Kier molecular flexibility index (Phi) is 5.67. The van der Waals surface area contributed by atoms with E-state index in [1.807, 2.05) is 18.3 Å². The topological polar surface area (TPSA) is 57.4 Å². The first-order valence-corrected chi connectivity index (χ1v) is 8.71. The SMILES string of the molecule is CCN1CCN(Cc2cnc(N)cc2NCc2ccccc2)CC1. The fourth-order valence-corrected chi connectivity index (χ4v) is 3.09. The molecule has 0 radical (unpaired) electrons. The molecule has 0 amide bonds. The number of anilines is 2. The molecule has 0 aliphatic carbocycles. The van der Waals surface area contributed by atoms with E-state index >= 15 is 0 Å². The molecule has 2 aromatic rings. The molecular weight excluding hydrogens is 298 g/mol. The van der Waals surface area contributed by atoms with Crippen LogP contribution in [0.1, 0.15) is 18.1 Å². The Labute approximate surface area is 144 Å². The van der Waals surface area contributed by atoms with Gasteiger partial charge in [-0.15, -0.1) is 0 Å². The second-order valence-electron chi connectivity index (χ2n) is 6.32. The van der Waals surface area contributed by atoms with Crippen LogP contribution in [0.3, 0.4) is 0 Å². The number of nitrogens with two attached hydrogens (primary N) is 1. The van der Waals surface area contributed by atoms with Gasteiger partial charge in [-0.2, -0.15) is 0 Å². The summed E-state index contributed by atoms with van der Waals surface area (Å²) in [5.74, 6) is 0.560. The third kappa shape index (κ3) is 4.46. The molecule has 1 aliphatic rings. The maximum atomic E-state index is 5.89. The zero-order valence-electron chi connectivity index (χ0n) is 14.4. The van der Waals surface area contributed by atoms with Crippen molar-refractivity contribution in [1.29, 1.82) is 0 Å². The summed E-state index contributed by atoms with van der Waals surface area (Å²) in [7, 11) is 0. The summed E-state index contributed by atoms with van der Waals surface area (Å²) in [5.41, 5.74) is 9.45. The predicted octanol–water partition coefficient (Wildman–Crippen LogP) is 2.41. The van der Waals surface area contributed by atoms with Gasteiger partial charge in [0.25, 0.3) is 0 Å². The standard InChI is InChI=1S/C19H27N5/c1-2-23-8-10-24(11-9-23)15-17-14-22-19(20)12-18(17)21-13-16-6-4-3-5-7-16/h3-7,12,14H,2,8-11,13,15H2,1H3,(H3,20,21,22). The Morgan fingerprint density at radius 3 is 2.50 bits per heavy atom. The van der Waals surface area contributed by atoms with Crippen molar-refractivity contribution >= 4 is 11.5 Å². The molecule has 0 atom stereocenters.